The van der Waals surface area contributed by atoms with Crippen LogP contribution in [0.15, 0.2) is 72.8 Å². The molecule has 0 aliphatic rings. The highest BCUT2D eigenvalue weighted by Crippen LogP contribution is 2.24. The van der Waals surface area contributed by atoms with Crippen molar-refractivity contribution in [3.05, 3.63) is 95.1 Å². The van der Waals surface area contributed by atoms with Gasteiger partial charge in [0.05, 0.1) is 5.56 Å². The molecule has 0 bridgehead atoms. The normalized spacial score (nSPS) is 10.4. The third kappa shape index (κ3) is 3.89. The molecule has 0 aliphatic heterocycles. The molecule has 0 saturated heterocycles. The van der Waals surface area contributed by atoms with Crippen LogP contribution in [0.5, 0.6) is 0 Å². The second-order valence-electron chi connectivity index (χ2n) is 6.23. The molecule has 3 rings (SSSR count). The van der Waals surface area contributed by atoms with Crippen LogP contribution >= 0.6 is 0 Å². The fraction of sp³-hybridized carbons (Fsp3) is 0.130. The summed E-state index contributed by atoms with van der Waals surface area (Å²) >= 11 is 0. The largest absolute Gasteiger partial charge is 0.454 e. The first-order valence-corrected chi connectivity index (χ1v) is 8.48. The van der Waals surface area contributed by atoms with Crippen LogP contribution in [0.3, 0.4) is 0 Å². The lowest BCUT2D eigenvalue weighted by atomic mass is 10.00. The maximum atomic E-state index is 12.5. The fourth-order valence-electron chi connectivity index (χ4n) is 2.94. The summed E-state index contributed by atoms with van der Waals surface area (Å²) in [5.41, 5.74) is 4.73. The number of hydrogen-bond acceptors (Lipinski definition) is 3. The highest BCUT2D eigenvalue weighted by molar-refractivity contribution is 6.02. The van der Waals surface area contributed by atoms with Gasteiger partial charge in [0.15, 0.2) is 6.61 Å². The molecule has 3 aromatic carbocycles. The zero-order valence-corrected chi connectivity index (χ0v) is 14.9. The predicted molar refractivity (Wildman–Crippen MR) is 102 cm³/mol. The number of rotatable bonds is 5. The number of ketones is 1. The fourth-order valence-corrected chi connectivity index (χ4v) is 2.94. The second-order valence-corrected chi connectivity index (χ2v) is 6.23. The quantitative estimate of drug-likeness (QED) is 0.483. The minimum Gasteiger partial charge on any atom is -0.454 e. The molecular weight excluding hydrogens is 324 g/mol. The van der Waals surface area contributed by atoms with E-state index in [1.165, 1.54) is 0 Å². The Kier molecular flexibility index (Phi) is 5.28. The SMILES string of the molecule is Cc1ccc(C(=O)COC(=O)c2ccccc2-c2ccccc2)c(C)c1. The molecule has 26 heavy (non-hydrogen) atoms. The van der Waals surface area contributed by atoms with Gasteiger partial charge in [-0.05, 0) is 36.6 Å². The Morgan fingerprint density at radius 1 is 0.808 bits per heavy atom. The van der Waals surface area contributed by atoms with Crippen molar-refractivity contribution >= 4 is 11.8 Å². The summed E-state index contributed by atoms with van der Waals surface area (Å²) in [5.74, 6) is -0.699. The van der Waals surface area contributed by atoms with Crippen molar-refractivity contribution in [1.82, 2.24) is 0 Å². The van der Waals surface area contributed by atoms with Crippen LogP contribution in [0.4, 0.5) is 0 Å². The summed E-state index contributed by atoms with van der Waals surface area (Å²) in [6.07, 6.45) is 0. The number of esters is 1. The molecule has 3 heteroatoms. The molecule has 0 aliphatic carbocycles. The van der Waals surface area contributed by atoms with Crippen molar-refractivity contribution in [2.45, 2.75) is 13.8 Å². The van der Waals surface area contributed by atoms with Gasteiger partial charge in [-0.2, -0.15) is 0 Å². The van der Waals surface area contributed by atoms with Gasteiger partial charge in [0, 0.05) is 5.56 Å². The number of Topliss-reactive ketones (excluding diaryl/α,β-unsaturated/α-hetero) is 1. The standard InChI is InChI=1S/C23H20O3/c1-16-12-13-19(17(2)14-16)22(24)15-26-23(25)21-11-7-6-10-20(21)18-8-4-3-5-9-18/h3-14H,15H2,1-2H3. The molecule has 3 nitrogen and oxygen atoms in total. The lowest BCUT2D eigenvalue weighted by Gasteiger charge is -2.10. The zero-order chi connectivity index (χ0) is 18.5. The minimum atomic E-state index is -0.498. The Morgan fingerprint density at radius 2 is 1.50 bits per heavy atom. The van der Waals surface area contributed by atoms with Crippen molar-refractivity contribution in [1.29, 1.82) is 0 Å². The smallest absolute Gasteiger partial charge is 0.339 e. The van der Waals surface area contributed by atoms with Crippen LogP contribution in [0.1, 0.15) is 31.8 Å². The molecule has 0 atom stereocenters. The summed E-state index contributed by atoms with van der Waals surface area (Å²) in [5, 5.41) is 0. The minimum absolute atomic E-state index is 0.201. The highest BCUT2D eigenvalue weighted by atomic mass is 16.5. The molecule has 0 amide bonds. The van der Waals surface area contributed by atoms with E-state index < -0.39 is 5.97 Å². The third-order valence-electron chi connectivity index (χ3n) is 4.25. The predicted octanol–water partition coefficient (Wildman–Crippen LogP) is 5.01. The number of carbonyl (C=O) groups excluding carboxylic acids is 2. The van der Waals surface area contributed by atoms with E-state index in [4.69, 9.17) is 4.74 Å². The molecule has 0 fully saturated rings. The van der Waals surface area contributed by atoms with Crippen LogP contribution in [-0.2, 0) is 4.74 Å². The average molecular weight is 344 g/mol. The molecule has 0 aromatic heterocycles. The van der Waals surface area contributed by atoms with E-state index in [1.54, 1.807) is 18.2 Å². The van der Waals surface area contributed by atoms with Crippen LogP contribution in [0, 0.1) is 13.8 Å². The summed E-state index contributed by atoms with van der Waals surface area (Å²) in [6.45, 7) is 3.58. The molecule has 0 spiro atoms. The van der Waals surface area contributed by atoms with Gasteiger partial charge in [-0.25, -0.2) is 4.79 Å². The number of carbonyl (C=O) groups is 2. The molecule has 130 valence electrons. The number of ether oxygens (including phenoxy) is 1. The first kappa shape index (κ1) is 17.6. The van der Waals surface area contributed by atoms with E-state index in [1.807, 2.05) is 68.4 Å². The Morgan fingerprint density at radius 3 is 2.23 bits per heavy atom. The van der Waals surface area contributed by atoms with E-state index in [0.29, 0.717) is 11.1 Å². The van der Waals surface area contributed by atoms with Gasteiger partial charge in [0.2, 0.25) is 5.78 Å². The van der Waals surface area contributed by atoms with Crippen molar-refractivity contribution in [3.8, 4) is 11.1 Å². The van der Waals surface area contributed by atoms with E-state index in [0.717, 1.165) is 22.3 Å². The van der Waals surface area contributed by atoms with Gasteiger partial charge < -0.3 is 4.74 Å². The zero-order valence-electron chi connectivity index (χ0n) is 14.9. The Bertz CT molecular complexity index is 943. The first-order valence-electron chi connectivity index (χ1n) is 8.48. The Balaban J connectivity index is 1.76. The van der Waals surface area contributed by atoms with Crippen LogP contribution in [0.2, 0.25) is 0 Å². The van der Waals surface area contributed by atoms with Gasteiger partial charge in [-0.3, -0.25) is 4.79 Å². The van der Waals surface area contributed by atoms with E-state index in [-0.39, 0.29) is 12.4 Å². The number of benzene rings is 3. The first-order chi connectivity index (χ1) is 12.6. The van der Waals surface area contributed by atoms with Crippen LogP contribution < -0.4 is 0 Å². The average Bonchev–Trinajstić information content (AvgIpc) is 2.66. The van der Waals surface area contributed by atoms with E-state index >= 15 is 0 Å². The molecule has 0 radical (unpaired) electrons. The van der Waals surface area contributed by atoms with Gasteiger partial charge >= 0.3 is 5.97 Å². The van der Waals surface area contributed by atoms with Crippen LogP contribution in [-0.4, -0.2) is 18.4 Å². The molecule has 0 unspecified atom stereocenters. The van der Waals surface area contributed by atoms with Gasteiger partial charge in [0.25, 0.3) is 0 Å². The number of aryl methyl sites for hydroxylation is 2. The van der Waals surface area contributed by atoms with Crippen molar-refractivity contribution in [2.24, 2.45) is 0 Å². The maximum absolute atomic E-state index is 12.5. The lowest BCUT2D eigenvalue weighted by molar-refractivity contribution is 0.0475. The Hall–Kier alpha value is -3.20. The van der Waals surface area contributed by atoms with E-state index in [2.05, 4.69) is 0 Å². The summed E-state index contributed by atoms with van der Waals surface area (Å²) < 4.78 is 5.30. The molecule has 0 N–H and O–H groups in total. The number of hydrogen-bond donors (Lipinski definition) is 0. The lowest BCUT2D eigenvalue weighted by Crippen LogP contribution is -2.15. The molecule has 0 saturated carbocycles. The second kappa shape index (κ2) is 7.79. The molecular formula is C23H20O3. The van der Waals surface area contributed by atoms with Gasteiger partial charge in [-0.1, -0.05) is 72.3 Å². The maximum Gasteiger partial charge on any atom is 0.339 e. The summed E-state index contributed by atoms with van der Waals surface area (Å²) in [6, 6.07) is 22.5. The van der Waals surface area contributed by atoms with Gasteiger partial charge in [0.1, 0.15) is 0 Å². The Labute approximate surface area is 153 Å². The van der Waals surface area contributed by atoms with Crippen molar-refractivity contribution in [2.75, 3.05) is 6.61 Å². The molecule has 3 aromatic rings. The topological polar surface area (TPSA) is 43.4 Å². The van der Waals surface area contributed by atoms with Gasteiger partial charge in [-0.15, -0.1) is 0 Å². The third-order valence-corrected chi connectivity index (χ3v) is 4.25. The monoisotopic (exact) mass is 344 g/mol. The van der Waals surface area contributed by atoms with Crippen molar-refractivity contribution in [3.63, 3.8) is 0 Å². The highest BCUT2D eigenvalue weighted by Gasteiger charge is 2.16. The molecule has 0 heterocycles. The van der Waals surface area contributed by atoms with Crippen LogP contribution in [0.25, 0.3) is 11.1 Å². The van der Waals surface area contributed by atoms with Crippen molar-refractivity contribution < 1.29 is 14.3 Å². The summed E-state index contributed by atoms with van der Waals surface area (Å²) in [4.78, 5) is 24.9. The summed E-state index contributed by atoms with van der Waals surface area (Å²) in [7, 11) is 0. The van der Waals surface area contributed by atoms with E-state index in [9.17, 15) is 9.59 Å².